The molecule has 1 heterocycles. The first-order valence-corrected chi connectivity index (χ1v) is 4.00. The van der Waals surface area contributed by atoms with Crippen molar-refractivity contribution in [1.82, 2.24) is 9.78 Å². The zero-order valence-corrected chi connectivity index (χ0v) is 8.00. The van der Waals surface area contributed by atoms with Gasteiger partial charge in [0.2, 0.25) is 0 Å². The highest BCUT2D eigenvalue weighted by Crippen LogP contribution is 2.22. The number of aromatic nitrogens is 2. The molecule has 0 saturated carbocycles. The number of nitrogens with two attached hydrogens (primary N) is 1. The molecular formula is C6H8BrN3O2. The Morgan fingerprint density at radius 1 is 1.83 bits per heavy atom. The fourth-order valence-electron chi connectivity index (χ4n) is 0.825. The Labute approximate surface area is 77.3 Å². The van der Waals surface area contributed by atoms with Gasteiger partial charge in [-0.15, -0.1) is 0 Å². The summed E-state index contributed by atoms with van der Waals surface area (Å²) in [7, 11) is 1.66. The number of halogens is 1. The molecule has 0 aromatic carbocycles. The van der Waals surface area contributed by atoms with Crippen LogP contribution in [0.3, 0.4) is 0 Å². The smallest absolute Gasteiger partial charge is 0.309 e. The number of aliphatic carboxylic acids is 1. The summed E-state index contributed by atoms with van der Waals surface area (Å²) >= 11 is 3.16. The molecule has 3 N–H and O–H groups in total. The van der Waals surface area contributed by atoms with Gasteiger partial charge in [-0.1, -0.05) is 0 Å². The zero-order chi connectivity index (χ0) is 9.30. The standard InChI is InChI=1S/C6H8BrN3O2/c1-10-6(8)5(7)3(9-10)2-4(11)12/h2,8H2,1H3,(H,11,12). The van der Waals surface area contributed by atoms with Gasteiger partial charge in [-0.3, -0.25) is 9.48 Å². The van der Waals surface area contributed by atoms with Gasteiger partial charge in [0.25, 0.3) is 0 Å². The van der Waals surface area contributed by atoms with E-state index in [1.54, 1.807) is 7.05 Å². The lowest BCUT2D eigenvalue weighted by Crippen LogP contribution is -2.02. The monoisotopic (exact) mass is 233 g/mol. The second kappa shape index (κ2) is 3.14. The second-order valence-electron chi connectivity index (χ2n) is 2.34. The minimum atomic E-state index is -0.922. The summed E-state index contributed by atoms with van der Waals surface area (Å²) < 4.78 is 2.00. The minimum Gasteiger partial charge on any atom is -0.481 e. The fourth-order valence-corrected chi connectivity index (χ4v) is 1.30. The first-order valence-electron chi connectivity index (χ1n) is 3.21. The third-order valence-corrected chi connectivity index (χ3v) is 2.28. The van der Waals surface area contributed by atoms with Crippen molar-refractivity contribution in [2.45, 2.75) is 6.42 Å². The van der Waals surface area contributed by atoms with Crippen LogP contribution in [-0.4, -0.2) is 20.9 Å². The van der Waals surface area contributed by atoms with E-state index >= 15 is 0 Å². The van der Waals surface area contributed by atoms with Crippen molar-refractivity contribution in [3.05, 3.63) is 10.2 Å². The quantitative estimate of drug-likeness (QED) is 0.775. The highest BCUT2D eigenvalue weighted by molar-refractivity contribution is 9.10. The zero-order valence-electron chi connectivity index (χ0n) is 6.41. The summed E-state index contributed by atoms with van der Waals surface area (Å²) in [5, 5.41) is 12.4. The Bertz CT molecular complexity index is 321. The number of rotatable bonds is 2. The molecule has 0 radical (unpaired) electrons. The Hall–Kier alpha value is -1.04. The molecule has 1 aromatic rings. The predicted octanol–water partition coefficient (Wildman–Crippen LogP) is 0.392. The number of aryl methyl sites for hydroxylation is 1. The maximum Gasteiger partial charge on any atom is 0.309 e. The second-order valence-corrected chi connectivity index (χ2v) is 3.13. The number of carboxylic acids is 1. The van der Waals surface area contributed by atoms with Crippen molar-refractivity contribution in [1.29, 1.82) is 0 Å². The van der Waals surface area contributed by atoms with Gasteiger partial charge in [-0.25, -0.2) is 0 Å². The van der Waals surface area contributed by atoms with Crippen LogP contribution in [-0.2, 0) is 18.3 Å². The van der Waals surface area contributed by atoms with Gasteiger partial charge < -0.3 is 10.8 Å². The molecule has 66 valence electrons. The molecule has 1 rings (SSSR count). The van der Waals surface area contributed by atoms with Gasteiger partial charge in [0.05, 0.1) is 16.6 Å². The highest BCUT2D eigenvalue weighted by Gasteiger charge is 2.13. The minimum absolute atomic E-state index is 0.119. The SMILES string of the molecule is Cn1nc(CC(=O)O)c(Br)c1N. The first-order chi connectivity index (χ1) is 5.52. The Morgan fingerprint density at radius 2 is 2.42 bits per heavy atom. The lowest BCUT2D eigenvalue weighted by Gasteiger charge is -1.90. The van der Waals surface area contributed by atoms with E-state index in [4.69, 9.17) is 10.8 Å². The Morgan fingerprint density at radius 3 is 2.75 bits per heavy atom. The van der Waals surface area contributed by atoms with Gasteiger partial charge in [-0.05, 0) is 15.9 Å². The van der Waals surface area contributed by atoms with E-state index < -0.39 is 5.97 Å². The topological polar surface area (TPSA) is 81.1 Å². The molecule has 0 unspecified atom stereocenters. The van der Waals surface area contributed by atoms with Crippen molar-refractivity contribution in [2.24, 2.45) is 7.05 Å². The Kier molecular flexibility index (Phi) is 2.37. The molecule has 0 bridgehead atoms. The van der Waals surface area contributed by atoms with E-state index in [0.29, 0.717) is 16.0 Å². The maximum absolute atomic E-state index is 10.3. The van der Waals surface area contributed by atoms with Crippen LogP contribution in [0, 0.1) is 0 Å². The molecule has 12 heavy (non-hydrogen) atoms. The van der Waals surface area contributed by atoms with Crippen molar-refractivity contribution in [3.8, 4) is 0 Å². The number of anilines is 1. The van der Waals surface area contributed by atoms with Crippen LogP contribution in [0.4, 0.5) is 5.82 Å². The van der Waals surface area contributed by atoms with E-state index in [0.717, 1.165) is 0 Å². The van der Waals surface area contributed by atoms with Gasteiger partial charge in [0.1, 0.15) is 5.82 Å². The van der Waals surface area contributed by atoms with Crippen molar-refractivity contribution in [3.63, 3.8) is 0 Å². The van der Waals surface area contributed by atoms with Gasteiger partial charge >= 0.3 is 5.97 Å². The number of hydrogen-bond donors (Lipinski definition) is 2. The third kappa shape index (κ3) is 1.58. The van der Waals surface area contributed by atoms with Crippen molar-refractivity contribution in [2.75, 3.05) is 5.73 Å². The molecular weight excluding hydrogens is 226 g/mol. The van der Waals surface area contributed by atoms with Crippen LogP contribution < -0.4 is 5.73 Å². The van der Waals surface area contributed by atoms with Crippen LogP contribution >= 0.6 is 15.9 Å². The number of nitrogens with zero attached hydrogens (tertiary/aromatic N) is 2. The predicted molar refractivity (Wildman–Crippen MR) is 46.7 cm³/mol. The third-order valence-electron chi connectivity index (χ3n) is 1.42. The summed E-state index contributed by atoms with van der Waals surface area (Å²) in [6, 6.07) is 0. The summed E-state index contributed by atoms with van der Waals surface area (Å²) in [5.74, 6) is -0.486. The van der Waals surface area contributed by atoms with Gasteiger partial charge in [0, 0.05) is 7.05 Å². The molecule has 6 heteroatoms. The number of carboxylic acid groups (broad SMARTS) is 1. The van der Waals surface area contributed by atoms with Crippen LogP contribution in [0.5, 0.6) is 0 Å². The summed E-state index contributed by atoms with van der Waals surface area (Å²) in [6.07, 6.45) is -0.119. The van der Waals surface area contributed by atoms with Crippen LogP contribution in [0.2, 0.25) is 0 Å². The normalized spacial score (nSPS) is 10.2. The fraction of sp³-hybridized carbons (Fsp3) is 0.333. The molecule has 0 saturated heterocycles. The lowest BCUT2D eigenvalue weighted by molar-refractivity contribution is -0.136. The molecule has 0 atom stereocenters. The van der Waals surface area contributed by atoms with Gasteiger partial charge in [0.15, 0.2) is 0 Å². The summed E-state index contributed by atoms with van der Waals surface area (Å²) in [5.41, 5.74) is 5.99. The molecule has 1 aromatic heterocycles. The molecule has 0 amide bonds. The van der Waals surface area contributed by atoms with E-state index in [9.17, 15) is 4.79 Å². The average Bonchev–Trinajstić information content (AvgIpc) is 2.17. The van der Waals surface area contributed by atoms with E-state index in [1.807, 2.05) is 0 Å². The number of nitrogen functional groups attached to an aromatic ring is 1. The molecule has 0 spiro atoms. The maximum atomic E-state index is 10.3. The van der Waals surface area contributed by atoms with Crippen LogP contribution in [0.25, 0.3) is 0 Å². The highest BCUT2D eigenvalue weighted by atomic mass is 79.9. The largest absolute Gasteiger partial charge is 0.481 e. The first kappa shape index (κ1) is 9.05. The summed E-state index contributed by atoms with van der Waals surface area (Å²) in [4.78, 5) is 10.3. The summed E-state index contributed by atoms with van der Waals surface area (Å²) in [6.45, 7) is 0. The number of carbonyl (C=O) groups is 1. The molecule has 0 fully saturated rings. The van der Waals surface area contributed by atoms with E-state index in [-0.39, 0.29) is 6.42 Å². The van der Waals surface area contributed by atoms with Crippen molar-refractivity contribution >= 4 is 27.7 Å². The molecule has 0 aliphatic heterocycles. The van der Waals surface area contributed by atoms with Crippen LogP contribution in [0.15, 0.2) is 4.47 Å². The van der Waals surface area contributed by atoms with Crippen LogP contribution in [0.1, 0.15) is 5.69 Å². The average molecular weight is 234 g/mol. The van der Waals surface area contributed by atoms with E-state index in [1.165, 1.54) is 4.68 Å². The molecule has 5 nitrogen and oxygen atoms in total. The molecule has 0 aliphatic rings. The van der Waals surface area contributed by atoms with E-state index in [2.05, 4.69) is 21.0 Å². The Balaban J connectivity index is 3.01. The van der Waals surface area contributed by atoms with Crippen molar-refractivity contribution < 1.29 is 9.90 Å². The molecule has 0 aliphatic carbocycles. The number of hydrogen-bond acceptors (Lipinski definition) is 3. The lowest BCUT2D eigenvalue weighted by atomic mass is 10.3. The van der Waals surface area contributed by atoms with Gasteiger partial charge in [-0.2, -0.15) is 5.10 Å².